The summed E-state index contributed by atoms with van der Waals surface area (Å²) in [6, 6.07) is 3.13. The fourth-order valence-corrected chi connectivity index (χ4v) is 2.74. The molecule has 104 valence electrons. The maximum atomic E-state index is 14.0. The molecule has 1 aliphatic rings. The number of nitrogens with one attached hydrogen (secondary N) is 1. The fraction of sp³-hybridized carbons (Fsp3) is 0.500. The van der Waals surface area contributed by atoms with Gasteiger partial charge in [-0.05, 0) is 30.9 Å². The highest BCUT2D eigenvalue weighted by molar-refractivity contribution is 7.80. The number of hydrogen-bond donors (Lipinski definition) is 2. The van der Waals surface area contributed by atoms with Crippen molar-refractivity contribution < 1.29 is 8.78 Å². The van der Waals surface area contributed by atoms with Gasteiger partial charge in [-0.25, -0.2) is 8.78 Å². The Morgan fingerprint density at radius 2 is 1.95 bits per heavy atom. The van der Waals surface area contributed by atoms with Crippen molar-refractivity contribution in [3.63, 3.8) is 0 Å². The molecule has 2 atom stereocenters. The number of hydrogen-bond acceptors (Lipinski definition) is 2. The van der Waals surface area contributed by atoms with Gasteiger partial charge in [0, 0.05) is 11.6 Å². The molecule has 1 aliphatic carbocycles. The van der Waals surface area contributed by atoms with Crippen LogP contribution >= 0.6 is 12.2 Å². The maximum Gasteiger partial charge on any atom is 0.182 e. The quantitative estimate of drug-likeness (QED) is 0.833. The van der Waals surface area contributed by atoms with Gasteiger partial charge < -0.3 is 11.1 Å². The highest BCUT2D eigenvalue weighted by Crippen LogP contribution is 2.29. The Hall–Kier alpha value is -1.23. The Kier molecular flexibility index (Phi) is 4.34. The molecule has 1 fully saturated rings. The van der Waals surface area contributed by atoms with Gasteiger partial charge in [0.2, 0.25) is 0 Å². The van der Waals surface area contributed by atoms with Gasteiger partial charge in [0.25, 0.3) is 0 Å². The van der Waals surface area contributed by atoms with Crippen LogP contribution in [-0.4, -0.2) is 11.0 Å². The molecule has 0 aliphatic heterocycles. The first-order valence-electron chi connectivity index (χ1n) is 6.55. The van der Waals surface area contributed by atoms with E-state index in [0.717, 1.165) is 19.3 Å². The predicted molar refractivity (Wildman–Crippen MR) is 77.3 cm³/mol. The van der Waals surface area contributed by atoms with Crippen LogP contribution in [0.15, 0.2) is 12.1 Å². The van der Waals surface area contributed by atoms with E-state index in [4.69, 9.17) is 5.73 Å². The lowest BCUT2D eigenvalue weighted by atomic mass is 9.86. The first kappa shape index (κ1) is 14.2. The van der Waals surface area contributed by atoms with E-state index in [1.807, 2.05) is 0 Å². The molecule has 0 amide bonds. The molecule has 0 radical (unpaired) electrons. The first-order chi connectivity index (χ1) is 9.00. The second-order valence-corrected chi connectivity index (χ2v) is 5.61. The smallest absolute Gasteiger partial charge is 0.182 e. The van der Waals surface area contributed by atoms with E-state index in [-0.39, 0.29) is 22.3 Å². The Morgan fingerprint density at radius 1 is 1.26 bits per heavy atom. The van der Waals surface area contributed by atoms with Crippen LogP contribution in [0.1, 0.15) is 38.2 Å². The van der Waals surface area contributed by atoms with Crippen molar-refractivity contribution >= 4 is 22.9 Å². The van der Waals surface area contributed by atoms with Crippen LogP contribution in [0.4, 0.5) is 14.5 Å². The van der Waals surface area contributed by atoms with Gasteiger partial charge in [-0.2, -0.15) is 0 Å². The minimum Gasteiger partial charge on any atom is -0.389 e. The molecule has 1 aromatic carbocycles. The fourth-order valence-electron chi connectivity index (χ4n) is 2.58. The van der Waals surface area contributed by atoms with Gasteiger partial charge in [0.1, 0.15) is 4.99 Å². The van der Waals surface area contributed by atoms with E-state index >= 15 is 0 Å². The summed E-state index contributed by atoms with van der Waals surface area (Å²) in [5, 5.41) is 3.11. The third-order valence-electron chi connectivity index (χ3n) is 3.80. The van der Waals surface area contributed by atoms with Crippen molar-refractivity contribution in [3.8, 4) is 0 Å². The van der Waals surface area contributed by atoms with Gasteiger partial charge >= 0.3 is 0 Å². The van der Waals surface area contributed by atoms with E-state index in [1.54, 1.807) is 0 Å². The Balaban J connectivity index is 2.21. The minimum atomic E-state index is -0.971. The molecule has 0 bridgehead atoms. The second kappa shape index (κ2) is 5.82. The highest BCUT2D eigenvalue weighted by Gasteiger charge is 2.23. The molecule has 0 spiro atoms. The third-order valence-corrected chi connectivity index (χ3v) is 4.02. The van der Waals surface area contributed by atoms with Gasteiger partial charge in [-0.1, -0.05) is 32.0 Å². The van der Waals surface area contributed by atoms with Gasteiger partial charge in [-0.15, -0.1) is 0 Å². The minimum absolute atomic E-state index is 0.0465. The molecule has 0 aromatic heterocycles. The largest absolute Gasteiger partial charge is 0.389 e. The summed E-state index contributed by atoms with van der Waals surface area (Å²) in [4.78, 5) is -0.131. The molecular weight excluding hydrogens is 266 g/mol. The van der Waals surface area contributed by atoms with Crippen LogP contribution in [0.5, 0.6) is 0 Å². The third kappa shape index (κ3) is 3.03. The standard InChI is InChI=1S/C14H18F2N2S/c1-8-4-2-3-5-10(8)18-11-7-6-9(14(17)19)12(15)13(11)16/h6-8,10,18H,2-5H2,1H3,(H2,17,19). The molecule has 2 unspecified atom stereocenters. The molecule has 1 aromatic rings. The number of benzene rings is 1. The second-order valence-electron chi connectivity index (χ2n) is 5.17. The molecular formula is C14H18F2N2S. The summed E-state index contributed by atoms with van der Waals surface area (Å²) < 4.78 is 27.7. The van der Waals surface area contributed by atoms with E-state index in [1.165, 1.54) is 18.6 Å². The van der Waals surface area contributed by atoms with Crippen LogP contribution < -0.4 is 11.1 Å². The summed E-state index contributed by atoms with van der Waals surface area (Å²) in [7, 11) is 0. The first-order valence-corrected chi connectivity index (χ1v) is 6.96. The zero-order valence-electron chi connectivity index (χ0n) is 10.9. The van der Waals surface area contributed by atoms with Crippen molar-refractivity contribution in [2.75, 3.05) is 5.32 Å². The lowest BCUT2D eigenvalue weighted by Gasteiger charge is -2.30. The summed E-state index contributed by atoms with van der Waals surface area (Å²) >= 11 is 4.68. The van der Waals surface area contributed by atoms with E-state index in [2.05, 4.69) is 24.5 Å². The van der Waals surface area contributed by atoms with Crippen molar-refractivity contribution in [2.24, 2.45) is 11.7 Å². The molecule has 1 saturated carbocycles. The number of anilines is 1. The summed E-state index contributed by atoms with van der Waals surface area (Å²) in [6.45, 7) is 2.13. The molecule has 0 heterocycles. The topological polar surface area (TPSA) is 38.0 Å². The van der Waals surface area contributed by atoms with E-state index < -0.39 is 11.6 Å². The van der Waals surface area contributed by atoms with Crippen LogP contribution in [0, 0.1) is 17.6 Å². The van der Waals surface area contributed by atoms with Crippen LogP contribution in [0.2, 0.25) is 0 Å². The maximum absolute atomic E-state index is 14.0. The zero-order valence-corrected chi connectivity index (χ0v) is 11.7. The molecule has 2 nitrogen and oxygen atoms in total. The SMILES string of the molecule is CC1CCCCC1Nc1ccc(C(N)=S)c(F)c1F. The molecule has 0 saturated heterocycles. The van der Waals surface area contributed by atoms with E-state index in [0.29, 0.717) is 5.92 Å². The number of halogens is 2. The Bertz CT molecular complexity index is 491. The average molecular weight is 284 g/mol. The molecule has 2 rings (SSSR count). The normalized spacial score (nSPS) is 23.1. The van der Waals surface area contributed by atoms with Crippen molar-refractivity contribution in [1.29, 1.82) is 0 Å². The van der Waals surface area contributed by atoms with E-state index in [9.17, 15) is 8.78 Å². The lowest BCUT2D eigenvalue weighted by Crippen LogP contribution is -2.30. The zero-order chi connectivity index (χ0) is 14.0. The van der Waals surface area contributed by atoms with Crippen LogP contribution in [0.3, 0.4) is 0 Å². The monoisotopic (exact) mass is 284 g/mol. The number of thiocarbonyl (C=S) groups is 1. The molecule has 5 heteroatoms. The van der Waals surface area contributed by atoms with Crippen LogP contribution in [0.25, 0.3) is 0 Å². The molecule has 3 N–H and O–H groups in total. The summed E-state index contributed by atoms with van der Waals surface area (Å²) in [6.07, 6.45) is 4.43. The van der Waals surface area contributed by atoms with Crippen molar-refractivity contribution in [3.05, 3.63) is 29.3 Å². The number of rotatable bonds is 3. The number of nitrogens with two attached hydrogens (primary N) is 1. The van der Waals surface area contributed by atoms with Crippen molar-refractivity contribution in [1.82, 2.24) is 0 Å². The van der Waals surface area contributed by atoms with Crippen molar-refractivity contribution in [2.45, 2.75) is 38.6 Å². The Labute approximate surface area is 117 Å². The van der Waals surface area contributed by atoms with Gasteiger partial charge in [0.05, 0.1) is 5.69 Å². The highest BCUT2D eigenvalue weighted by atomic mass is 32.1. The lowest BCUT2D eigenvalue weighted by molar-refractivity contribution is 0.348. The average Bonchev–Trinajstić information content (AvgIpc) is 2.37. The van der Waals surface area contributed by atoms with Crippen LogP contribution in [-0.2, 0) is 0 Å². The summed E-state index contributed by atoms with van der Waals surface area (Å²) in [5.41, 5.74) is 5.49. The molecule has 19 heavy (non-hydrogen) atoms. The Morgan fingerprint density at radius 3 is 2.58 bits per heavy atom. The van der Waals surface area contributed by atoms with Gasteiger partial charge in [0.15, 0.2) is 11.6 Å². The predicted octanol–water partition coefficient (Wildman–Crippen LogP) is 3.59. The van der Waals surface area contributed by atoms with Gasteiger partial charge in [-0.3, -0.25) is 0 Å². The summed E-state index contributed by atoms with van der Waals surface area (Å²) in [5.74, 6) is -1.41.